The van der Waals surface area contributed by atoms with Crippen molar-refractivity contribution < 1.29 is 4.74 Å². The molecule has 0 bridgehead atoms. The summed E-state index contributed by atoms with van der Waals surface area (Å²) in [5.74, 6) is 1.75. The van der Waals surface area contributed by atoms with Crippen LogP contribution in [-0.2, 0) is 0 Å². The molecule has 2 nitrogen and oxygen atoms in total. The molecule has 1 aliphatic rings. The van der Waals surface area contributed by atoms with E-state index in [1.807, 2.05) is 24.4 Å². The lowest BCUT2D eigenvalue weighted by Crippen LogP contribution is -1.96. The molecule has 0 atom stereocenters. The van der Waals surface area contributed by atoms with Crippen molar-refractivity contribution in [3.8, 4) is 5.75 Å². The maximum atomic E-state index is 5.23. The first-order chi connectivity index (χ1) is 5.92. The standard InChI is InChI=1S/C9H9NOS/c1-11-8-4-2-3-7-5-10-6-12-9(7)8/h2-5H,6H2,1H3. The Kier molecular flexibility index (Phi) is 2.04. The Morgan fingerprint density at radius 1 is 1.50 bits per heavy atom. The largest absolute Gasteiger partial charge is 0.496 e. The van der Waals surface area contributed by atoms with Crippen LogP contribution in [0.2, 0.25) is 0 Å². The molecule has 1 aromatic carbocycles. The third-order valence-electron chi connectivity index (χ3n) is 1.74. The molecule has 0 amide bonds. The maximum Gasteiger partial charge on any atom is 0.133 e. The fourth-order valence-corrected chi connectivity index (χ4v) is 2.05. The number of rotatable bonds is 1. The lowest BCUT2D eigenvalue weighted by molar-refractivity contribution is 0.404. The van der Waals surface area contributed by atoms with Gasteiger partial charge in [0.25, 0.3) is 0 Å². The second-order valence-electron chi connectivity index (χ2n) is 2.46. The zero-order valence-electron chi connectivity index (χ0n) is 6.78. The van der Waals surface area contributed by atoms with Crippen LogP contribution in [0.1, 0.15) is 5.56 Å². The molecule has 2 rings (SSSR count). The Balaban J connectivity index is 2.53. The minimum Gasteiger partial charge on any atom is -0.496 e. The molecule has 0 fully saturated rings. The second-order valence-corrected chi connectivity index (χ2v) is 3.42. The molecule has 0 aliphatic carbocycles. The minimum atomic E-state index is 0.799. The van der Waals surface area contributed by atoms with Crippen LogP contribution in [0.25, 0.3) is 0 Å². The number of hydrogen-bond donors (Lipinski definition) is 0. The second kappa shape index (κ2) is 3.19. The predicted octanol–water partition coefficient (Wildman–Crippen LogP) is 2.18. The lowest BCUT2D eigenvalue weighted by Gasteiger charge is -2.12. The van der Waals surface area contributed by atoms with E-state index >= 15 is 0 Å². The molecular weight excluding hydrogens is 170 g/mol. The summed E-state index contributed by atoms with van der Waals surface area (Å²) < 4.78 is 5.23. The van der Waals surface area contributed by atoms with Crippen molar-refractivity contribution in [1.82, 2.24) is 0 Å². The van der Waals surface area contributed by atoms with Crippen LogP contribution in [0.3, 0.4) is 0 Å². The first kappa shape index (κ1) is 7.68. The first-order valence-electron chi connectivity index (χ1n) is 3.71. The summed E-state index contributed by atoms with van der Waals surface area (Å²) in [6.45, 7) is 0. The van der Waals surface area contributed by atoms with Crippen LogP contribution >= 0.6 is 11.8 Å². The van der Waals surface area contributed by atoms with E-state index < -0.39 is 0 Å². The number of aliphatic imine (C=N–C) groups is 1. The van der Waals surface area contributed by atoms with Crippen molar-refractivity contribution in [2.45, 2.75) is 4.90 Å². The number of benzene rings is 1. The number of fused-ring (bicyclic) bond motifs is 1. The predicted molar refractivity (Wildman–Crippen MR) is 51.3 cm³/mol. The Labute approximate surface area is 75.7 Å². The fourth-order valence-electron chi connectivity index (χ4n) is 1.19. The Morgan fingerprint density at radius 2 is 2.42 bits per heavy atom. The van der Waals surface area contributed by atoms with Gasteiger partial charge in [-0.3, -0.25) is 4.99 Å². The summed E-state index contributed by atoms with van der Waals surface area (Å²) in [5, 5.41) is 0. The smallest absolute Gasteiger partial charge is 0.133 e. The van der Waals surface area contributed by atoms with Gasteiger partial charge in [-0.2, -0.15) is 0 Å². The highest BCUT2D eigenvalue weighted by atomic mass is 32.2. The summed E-state index contributed by atoms with van der Waals surface area (Å²) >= 11 is 1.72. The first-order valence-corrected chi connectivity index (χ1v) is 4.70. The van der Waals surface area contributed by atoms with Crippen LogP contribution in [0, 0.1) is 0 Å². The van der Waals surface area contributed by atoms with E-state index in [9.17, 15) is 0 Å². The maximum absolute atomic E-state index is 5.23. The number of hydrogen-bond acceptors (Lipinski definition) is 3. The molecule has 0 aromatic heterocycles. The summed E-state index contributed by atoms with van der Waals surface area (Å²) in [6.07, 6.45) is 1.90. The van der Waals surface area contributed by atoms with Crippen molar-refractivity contribution in [3.63, 3.8) is 0 Å². The monoisotopic (exact) mass is 179 g/mol. The molecule has 1 heterocycles. The van der Waals surface area contributed by atoms with E-state index in [1.165, 1.54) is 4.90 Å². The van der Waals surface area contributed by atoms with E-state index in [0.29, 0.717) is 0 Å². The molecule has 0 unspecified atom stereocenters. The molecule has 12 heavy (non-hydrogen) atoms. The third kappa shape index (κ3) is 1.20. The number of thioether (sulfide) groups is 1. The van der Waals surface area contributed by atoms with Crippen molar-refractivity contribution in [2.75, 3.05) is 13.0 Å². The SMILES string of the molecule is COc1cccc2c1SCN=C2. The van der Waals surface area contributed by atoms with Crippen molar-refractivity contribution in [1.29, 1.82) is 0 Å². The third-order valence-corrected chi connectivity index (χ3v) is 2.75. The van der Waals surface area contributed by atoms with Gasteiger partial charge in [-0.05, 0) is 6.07 Å². The summed E-state index contributed by atoms with van der Waals surface area (Å²) in [4.78, 5) is 5.38. The van der Waals surface area contributed by atoms with Gasteiger partial charge in [-0.25, -0.2) is 0 Å². The van der Waals surface area contributed by atoms with Crippen molar-refractivity contribution in [2.24, 2.45) is 4.99 Å². The highest BCUT2D eigenvalue weighted by molar-refractivity contribution is 7.99. The summed E-state index contributed by atoms with van der Waals surface area (Å²) in [5.41, 5.74) is 1.16. The van der Waals surface area contributed by atoms with Gasteiger partial charge >= 0.3 is 0 Å². The molecule has 0 spiro atoms. The van der Waals surface area contributed by atoms with E-state index in [1.54, 1.807) is 18.9 Å². The average Bonchev–Trinajstić information content (AvgIpc) is 2.17. The van der Waals surface area contributed by atoms with Gasteiger partial charge in [0, 0.05) is 11.8 Å². The molecule has 1 aromatic rings. The van der Waals surface area contributed by atoms with Crippen LogP contribution in [-0.4, -0.2) is 19.2 Å². The Morgan fingerprint density at radius 3 is 3.25 bits per heavy atom. The van der Waals surface area contributed by atoms with Gasteiger partial charge in [-0.1, -0.05) is 23.9 Å². The quantitative estimate of drug-likeness (QED) is 0.659. The van der Waals surface area contributed by atoms with Gasteiger partial charge < -0.3 is 4.74 Å². The van der Waals surface area contributed by atoms with Gasteiger partial charge in [0.2, 0.25) is 0 Å². The van der Waals surface area contributed by atoms with E-state index in [4.69, 9.17) is 4.74 Å². The zero-order chi connectivity index (χ0) is 8.39. The lowest BCUT2D eigenvalue weighted by atomic mass is 10.2. The topological polar surface area (TPSA) is 21.6 Å². The molecule has 0 saturated heterocycles. The van der Waals surface area contributed by atoms with Crippen molar-refractivity contribution in [3.05, 3.63) is 23.8 Å². The molecule has 0 saturated carbocycles. The highest BCUT2D eigenvalue weighted by Gasteiger charge is 2.10. The number of methoxy groups -OCH3 is 1. The van der Waals surface area contributed by atoms with Crippen LogP contribution < -0.4 is 4.74 Å². The molecule has 62 valence electrons. The molecular formula is C9H9NOS. The van der Waals surface area contributed by atoms with Crippen LogP contribution in [0.4, 0.5) is 0 Å². The van der Waals surface area contributed by atoms with Gasteiger partial charge in [-0.15, -0.1) is 0 Å². The molecule has 0 N–H and O–H groups in total. The van der Waals surface area contributed by atoms with Crippen molar-refractivity contribution >= 4 is 18.0 Å². The number of ether oxygens (including phenoxy) is 1. The van der Waals surface area contributed by atoms with E-state index in [-0.39, 0.29) is 0 Å². The molecule has 3 heteroatoms. The normalized spacial score (nSPS) is 14.1. The number of nitrogens with zero attached hydrogens (tertiary/aromatic N) is 1. The fraction of sp³-hybridized carbons (Fsp3) is 0.222. The van der Waals surface area contributed by atoms with Crippen LogP contribution in [0.15, 0.2) is 28.1 Å². The minimum absolute atomic E-state index is 0.799. The van der Waals surface area contributed by atoms with Gasteiger partial charge in [0.05, 0.1) is 17.9 Å². The highest BCUT2D eigenvalue weighted by Crippen LogP contribution is 2.33. The van der Waals surface area contributed by atoms with E-state index in [2.05, 4.69) is 4.99 Å². The molecule has 0 radical (unpaired) electrons. The zero-order valence-corrected chi connectivity index (χ0v) is 7.60. The summed E-state index contributed by atoms with van der Waals surface area (Å²) in [6, 6.07) is 6.01. The van der Waals surface area contributed by atoms with Gasteiger partial charge in [0.1, 0.15) is 5.75 Å². The summed E-state index contributed by atoms with van der Waals surface area (Å²) in [7, 11) is 1.70. The van der Waals surface area contributed by atoms with Gasteiger partial charge in [0.15, 0.2) is 0 Å². The van der Waals surface area contributed by atoms with E-state index in [0.717, 1.165) is 17.2 Å². The Hall–Kier alpha value is -0.960. The van der Waals surface area contributed by atoms with Crippen LogP contribution in [0.5, 0.6) is 5.75 Å². The average molecular weight is 179 g/mol. The Bertz CT molecular complexity index is 322. The molecule has 1 aliphatic heterocycles.